The second-order valence-corrected chi connectivity index (χ2v) is 7.18. The molecule has 0 bridgehead atoms. The van der Waals surface area contributed by atoms with Crippen LogP contribution in [-0.2, 0) is 6.54 Å². The van der Waals surface area contributed by atoms with Crippen LogP contribution in [0.15, 0.2) is 67.0 Å². The highest BCUT2D eigenvalue weighted by molar-refractivity contribution is 5.37. The van der Waals surface area contributed by atoms with Gasteiger partial charge in [0.15, 0.2) is 0 Å². The summed E-state index contributed by atoms with van der Waals surface area (Å²) in [6.45, 7) is 2.51. The molecule has 1 N–H and O–H groups in total. The highest BCUT2D eigenvalue weighted by atomic mass is 16.5. The third-order valence-electron chi connectivity index (χ3n) is 5.16. The van der Waals surface area contributed by atoms with Gasteiger partial charge < -0.3 is 9.84 Å². The largest absolute Gasteiger partial charge is 0.497 e. The van der Waals surface area contributed by atoms with Gasteiger partial charge in [0.25, 0.3) is 0 Å². The molecule has 0 saturated carbocycles. The van der Waals surface area contributed by atoms with Crippen LogP contribution in [0.3, 0.4) is 0 Å². The average molecular weight is 363 g/mol. The molecule has 4 rings (SSSR count). The lowest BCUT2D eigenvalue weighted by molar-refractivity contribution is 0.0549. The van der Waals surface area contributed by atoms with Crippen molar-refractivity contribution < 1.29 is 9.84 Å². The Morgan fingerprint density at radius 3 is 2.59 bits per heavy atom. The number of likely N-dealkylation sites (tertiary alicyclic amines) is 1. The second kappa shape index (κ2) is 7.94. The Morgan fingerprint density at radius 1 is 1.07 bits per heavy atom. The van der Waals surface area contributed by atoms with Crippen molar-refractivity contribution in [2.24, 2.45) is 0 Å². The molecule has 3 aromatic rings. The van der Waals surface area contributed by atoms with E-state index in [0.29, 0.717) is 0 Å². The molecule has 1 aromatic heterocycles. The Labute approximate surface area is 159 Å². The highest BCUT2D eigenvalue weighted by Crippen LogP contribution is 2.28. The first-order valence-corrected chi connectivity index (χ1v) is 9.34. The fraction of sp³-hybridized carbons (Fsp3) is 0.318. The van der Waals surface area contributed by atoms with Gasteiger partial charge in [0, 0.05) is 31.7 Å². The summed E-state index contributed by atoms with van der Waals surface area (Å²) < 4.78 is 7.10. The molecule has 0 amide bonds. The van der Waals surface area contributed by atoms with Crippen molar-refractivity contribution in [2.75, 3.05) is 20.2 Å². The van der Waals surface area contributed by atoms with Crippen molar-refractivity contribution in [1.29, 1.82) is 0 Å². The standard InChI is InChI=1S/C22H25N3O2/c1-27-22-9-7-20(8-10-22)25-15-19(12-23-25)18-11-21(26)16-24(14-18)13-17-5-3-2-4-6-17/h2-10,12,15,18,21,26H,11,13-14,16H2,1H3. The number of β-amino-alcohol motifs (C(OH)–C–C–N with tert-alkyl or cyclic N) is 1. The Bertz CT molecular complexity index is 861. The van der Waals surface area contributed by atoms with Crippen LogP contribution in [0.4, 0.5) is 0 Å². The summed E-state index contributed by atoms with van der Waals surface area (Å²) in [5.41, 5.74) is 3.45. The number of benzene rings is 2. The molecule has 0 aliphatic carbocycles. The molecule has 2 atom stereocenters. The molecule has 1 aliphatic heterocycles. The van der Waals surface area contributed by atoms with E-state index in [9.17, 15) is 5.11 Å². The third kappa shape index (κ3) is 4.21. The third-order valence-corrected chi connectivity index (χ3v) is 5.16. The van der Waals surface area contributed by atoms with Crippen LogP contribution in [0, 0.1) is 0 Å². The molecule has 0 spiro atoms. The van der Waals surface area contributed by atoms with E-state index in [0.717, 1.165) is 37.5 Å². The Kier molecular flexibility index (Phi) is 5.23. The smallest absolute Gasteiger partial charge is 0.119 e. The molecule has 2 aromatic carbocycles. The van der Waals surface area contributed by atoms with Crippen molar-refractivity contribution in [3.63, 3.8) is 0 Å². The molecular formula is C22H25N3O2. The number of ether oxygens (including phenoxy) is 1. The molecule has 5 nitrogen and oxygen atoms in total. The van der Waals surface area contributed by atoms with Gasteiger partial charge in [-0.3, -0.25) is 4.90 Å². The number of rotatable bonds is 5. The molecule has 2 heterocycles. The van der Waals surface area contributed by atoms with Gasteiger partial charge in [0.05, 0.1) is 25.1 Å². The zero-order chi connectivity index (χ0) is 18.6. The summed E-state index contributed by atoms with van der Waals surface area (Å²) in [4.78, 5) is 2.33. The number of aromatic nitrogens is 2. The number of hydrogen-bond acceptors (Lipinski definition) is 4. The lowest BCUT2D eigenvalue weighted by Crippen LogP contribution is -2.41. The van der Waals surface area contributed by atoms with Crippen molar-refractivity contribution in [3.05, 3.63) is 78.1 Å². The van der Waals surface area contributed by atoms with Gasteiger partial charge in [0.2, 0.25) is 0 Å². The van der Waals surface area contributed by atoms with Crippen molar-refractivity contribution >= 4 is 0 Å². The fourth-order valence-corrected chi connectivity index (χ4v) is 3.80. The van der Waals surface area contributed by atoms with Crippen molar-refractivity contribution in [1.82, 2.24) is 14.7 Å². The fourth-order valence-electron chi connectivity index (χ4n) is 3.80. The van der Waals surface area contributed by atoms with E-state index in [1.807, 2.05) is 41.2 Å². The van der Waals surface area contributed by atoms with Gasteiger partial charge in [-0.2, -0.15) is 5.10 Å². The predicted molar refractivity (Wildman–Crippen MR) is 105 cm³/mol. The summed E-state index contributed by atoms with van der Waals surface area (Å²) in [5.74, 6) is 1.11. The zero-order valence-corrected chi connectivity index (χ0v) is 15.5. The molecular weight excluding hydrogens is 338 g/mol. The Hall–Kier alpha value is -2.63. The van der Waals surface area contributed by atoms with Gasteiger partial charge >= 0.3 is 0 Å². The number of aliphatic hydroxyl groups is 1. The normalized spacial score (nSPS) is 20.5. The zero-order valence-electron chi connectivity index (χ0n) is 15.5. The minimum atomic E-state index is -0.309. The number of nitrogens with zero attached hydrogens (tertiary/aromatic N) is 3. The topological polar surface area (TPSA) is 50.5 Å². The number of hydrogen-bond donors (Lipinski definition) is 1. The minimum absolute atomic E-state index is 0.282. The van der Waals surface area contributed by atoms with E-state index < -0.39 is 0 Å². The first-order chi connectivity index (χ1) is 13.2. The van der Waals surface area contributed by atoms with E-state index in [1.165, 1.54) is 11.1 Å². The lowest BCUT2D eigenvalue weighted by atomic mass is 9.91. The van der Waals surface area contributed by atoms with E-state index in [4.69, 9.17) is 4.74 Å². The number of piperidine rings is 1. The number of aliphatic hydroxyl groups excluding tert-OH is 1. The van der Waals surface area contributed by atoms with E-state index in [-0.39, 0.29) is 12.0 Å². The summed E-state index contributed by atoms with van der Waals surface area (Å²) >= 11 is 0. The summed E-state index contributed by atoms with van der Waals surface area (Å²) in [5, 5.41) is 14.9. The first-order valence-electron chi connectivity index (χ1n) is 9.34. The summed E-state index contributed by atoms with van der Waals surface area (Å²) in [7, 11) is 1.66. The Balaban J connectivity index is 1.48. The molecule has 1 saturated heterocycles. The maximum atomic E-state index is 10.4. The van der Waals surface area contributed by atoms with E-state index in [1.54, 1.807) is 7.11 Å². The molecule has 140 valence electrons. The van der Waals surface area contributed by atoms with Gasteiger partial charge in [-0.25, -0.2) is 4.68 Å². The summed E-state index contributed by atoms with van der Waals surface area (Å²) in [6, 6.07) is 18.3. The average Bonchev–Trinajstić information content (AvgIpc) is 3.19. The summed E-state index contributed by atoms with van der Waals surface area (Å²) in [6.07, 6.45) is 4.47. The predicted octanol–water partition coefficient (Wildman–Crippen LogP) is 3.23. The van der Waals surface area contributed by atoms with Crippen molar-refractivity contribution in [3.8, 4) is 11.4 Å². The SMILES string of the molecule is COc1ccc(-n2cc(C3CC(O)CN(Cc4ccccc4)C3)cn2)cc1. The van der Waals surface area contributed by atoms with Crippen LogP contribution in [0.5, 0.6) is 5.75 Å². The van der Waals surface area contributed by atoms with Crippen LogP contribution < -0.4 is 4.74 Å². The van der Waals surface area contributed by atoms with Crippen LogP contribution in [0.25, 0.3) is 5.69 Å². The van der Waals surface area contributed by atoms with Gasteiger partial charge in [-0.15, -0.1) is 0 Å². The Morgan fingerprint density at radius 2 is 1.85 bits per heavy atom. The molecule has 0 radical (unpaired) electrons. The molecule has 2 unspecified atom stereocenters. The van der Waals surface area contributed by atoms with E-state index in [2.05, 4.69) is 40.5 Å². The monoisotopic (exact) mass is 363 g/mol. The van der Waals surface area contributed by atoms with E-state index >= 15 is 0 Å². The molecule has 1 aliphatic rings. The highest BCUT2D eigenvalue weighted by Gasteiger charge is 2.28. The minimum Gasteiger partial charge on any atom is -0.497 e. The number of methoxy groups -OCH3 is 1. The molecule has 1 fully saturated rings. The lowest BCUT2D eigenvalue weighted by Gasteiger charge is -2.35. The van der Waals surface area contributed by atoms with Crippen LogP contribution in [0.1, 0.15) is 23.5 Å². The maximum absolute atomic E-state index is 10.4. The van der Waals surface area contributed by atoms with Crippen LogP contribution in [0.2, 0.25) is 0 Å². The van der Waals surface area contributed by atoms with Crippen molar-refractivity contribution in [2.45, 2.75) is 25.0 Å². The van der Waals surface area contributed by atoms with Gasteiger partial charge in [0.1, 0.15) is 5.75 Å². The second-order valence-electron chi connectivity index (χ2n) is 7.18. The molecule has 27 heavy (non-hydrogen) atoms. The van der Waals surface area contributed by atoms with Crippen LogP contribution in [-0.4, -0.2) is 46.1 Å². The van der Waals surface area contributed by atoms with Gasteiger partial charge in [-0.05, 0) is 41.8 Å². The maximum Gasteiger partial charge on any atom is 0.119 e. The first kappa shape index (κ1) is 17.8. The quantitative estimate of drug-likeness (QED) is 0.756. The van der Waals surface area contributed by atoms with Gasteiger partial charge in [-0.1, -0.05) is 30.3 Å². The molecule has 5 heteroatoms. The van der Waals surface area contributed by atoms with Crippen LogP contribution >= 0.6 is 0 Å².